The number of guanidine groups is 1. The molecule has 0 aliphatic heterocycles. The van der Waals surface area contributed by atoms with Crippen molar-refractivity contribution in [3.05, 3.63) is 71.6 Å². The highest BCUT2D eigenvalue weighted by atomic mass is 16.3. The Morgan fingerprint density at radius 2 is 1.88 bits per heavy atom. The maximum absolute atomic E-state index is 12.1. The molecule has 0 unspecified atom stereocenters. The van der Waals surface area contributed by atoms with Crippen LogP contribution in [0, 0.1) is 6.92 Å². The van der Waals surface area contributed by atoms with Crippen LogP contribution in [0.25, 0.3) is 11.5 Å². The minimum atomic E-state index is -0.211. The zero-order valence-corrected chi connectivity index (χ0v) is 18.4. The minimum Gasteiger partial charge on any atom is -0.508 e. The van der Waals surface area contributed by atoms with E-state index in [9.17, 15) is 9.90 Å². The number of rotatable bonds is 9. The predicted molar refractivity (Wildman–Crippen MR) is 125 cm³/mol. The Morgan fingerprint density at radius 3 is 2.62 bits per heavy atom. The first-order valence-corrected chi connectivity index (χ1v) is 10.7. The van der Waals surface area contributed by atoms with E-state index in [1.54, 1.807) is 18.4 Å². The van der Waals surface area contributed by atoms with Crippen molar-refractivity contribution in [2.45, 2.75) is 26.8 Å². The van der Waals surface area contributed by atoms with Crippen LogP contribution in [0.1, 0.15) is 35.0 Å². The van der Waals surface area contributed by atoms with Gasteiger partial charge in [0.15, 0.2) is 5.96 Å². The number of hydrogen-bond acceptors (Lipinski definition) is 5. The molecule has 0 atom stereocenters. The Labute approximate surface area is 187 Å². The third-order valence-corrected chi connectivity index (χ3v) is 4.63. The van der Waals surface area contributed by atoms with E-state index in [0.29, 0.717) is 37.0 Å². The molecule has 3 aromatic rings. The van der Waals surface area contributed by atoms with Gasteiger partial charge in [0, 0.05) is 30.8 Å². The average molecular weight is 436 g/mol. The van der Waals surface area contributed by atoms with Crippen LogP contribution in [0.15, 0.2) is 64.2 Å². The SMILES string of the molecule is CCNC(=NCc1coc(-c2ccc(C)cc2)n1)NCCCNC(=O)c1cccc(O)c1. The number of nitrogens with one attached hydrogen (secondary N) is 3. The fourth-order valence-electron chi connectivity index (χ4n) is 2.96. The standard InChI is InChI=1S/C24H29N5O3/c1-3-25-24(27-13-5-12-26-22(31)19-6-4-7-21(30)14-19)28-15-20-16-32-23(29-20)18-10-8-17(2)9-11-18/h4,6-11,14,16,30H,3,5,12-13,15H2,1-2H3,(H,26,31)(H2,25,27,28). The molecule has 0 aliphatic rings. The largest absolute Gasteiger partial charge is 0.508 e. The summed E-state index contributed by atoms with van der Waals surface area (Å²) in [5, 5.41) is 18.7. The zero-order valence-electron chi connectivity index (χ0n) is 18.4. The monoisotopic (exact) mass is 435 g/mol. The Bertz CT molecular complexity index is 1040. The summed E-state index contributed by atoms with van der Waals surface area (Å²) in [5.74, 6) is 1.11. The molecule has 0 aliphatic carbocycles. The van der Waals surface area contributed by atoms with Gasteiger partial charge in [-0.25, -0.2) is 9.98 Å². The summed E-state index contributed by atoms with van der Waals surface area (Å²) in [6.07, 6.45) is 2.34. The van der Waals surface area contributed by atoms with Gasteiger partial charge in [-0.05, 0) is 50.6 Å². The molecular formula is C24H29N5O3. The summed E-state index contributed by atoms with van der Waals surface area (Å²) in [5.41, 5.74) is 3.30. The lowest BCUT2D eigenvalue weighted by Gasteiger charge is -2.11. The molecule has 2 aromatic carbocycles. The fourth-order valence-corrected chi connectivity index (χ4v) is 2.96. The Hall–Kier alpha value is -3.81. The van der Waals surface area contributed by atoms with Crippen LogP contribution >= 0.6 is 0 Å². The molecule has 8 nitrogen and oxygen atoms in total. The summed E-state index contributed by atoms with van der Waals surface area (Å²) < 4.78 is 5.59. The highest BCUT2D eigenvalue weighted by molar-refractivity contribution is 5.94. The highest BCUT2D eigenvalue weighted by Crippen LogP contribution is 2.19. The van der Waals surface area contributed by atoms with Gasteiger partial charge in [0.05, 0.1) is 6.54 Å². The summed E-state index contributed by atoms with van der Waals surface area (Å²) in [4.78, 5) is 21.1. The van der Waals surface area contributed by atoms with Crippen molar-refractivity contribution in [2.75, 3.05) is 19.6 Å². The second-order valence-corrected chi connectivity index (χ2v) is 7.29. The number of hydrogen-bond donors (Lipinski definition) is 4. The second kappa shape index (κ2) is 11.5. The van der Waals surface area contributed by atoms with E-state index in [1.807, 2.05) is 38.1 Å². The average Bonchev–Trinajstić information content (AvgIpc) is 3.26. The quantitative estimate of drug-likeness (QED) is 0.233. The molecule has 0 radical (unpaired) electrons. The number of nitrogens with zero attached hydrogens (tertiary/aromatic N) is 2. The highest BCUT2D eigenvalue weighted by Gasteiger charge is 2.07. The van der Waals surface area contributed by atoms with Crippen molar-refractivity contribution in [3.8, 4) is 17.2 Å². The second-order valence-electron chi connectivity index (χ2n) is 7.29. The third-order valence-electron chi connectivity index (χ3n) is 4.63. The number of benzene rings is 2. The Morgan fingerprint density at radius 1 is 1.09 bits per heavy atom. The van der Waals surface area contributed by atoms with Crippen LogP contribution in [0.3, 0.4) is 0 Å². The van der Waals surface area contributed by atoms with E-state index in [2.05, 4.69) is 25.9 Å². The van der Waals surface area contributed by atoms with Crippen LogP contribution in [-0.4, -0.2) is 41.6 Å². The maximum atomic E-state index is 12.1. The summed E-state index contributed by atoms with van der Waals surface area (Å²) in [6.45, 7) is 6.30. The van der Waals surface area contributed by atoms with Crippen LogP contribution in [0.4, 0.5) is 0 Å². The summed E-state index contributed by atoms with van der Waals surface area (Å²) in [6, 6.07) is 14.3. The van der Waals surface area contributed by atoms with Crippen molar-refractivity contribution in [1.29, 1.82) is 0 Å². The summed E-state index contributed by atoms with van der Waals surface area (Å²) >= 11 is 0. The normalized spacial score (nSPS) is 11.2. The smallest absolute Gasteiger partial charge is 0.251 e. The Kier molecular flexibility index (Phi) is 8.25. The lowest BCUT2D eigenvalue weighted by molar-refractivity contribution is 0.0953. The van der Waals surface area contributed by atoms with Gasteiger partial charge in [-0.15, -0.1) is 0 Å². The van der Waals surface area contributed by atoms with Gasteiger partial charge in [0.1, 0.15) is 17.7 Å². The molecule has 1 aromatic heterocycles. The maximum Gasteiger partial charge on any atom is 0.251 e. The first kappa shape index (κ1) is 22.9. The minimum absolute atomic E-state index is 0.0731. The molecule has 0 saturated carbocycles. The predicted octanol–water partition coefficient (Wildman–Crippen LogP) is 3.23. The Balaban J connectivity index is 1.45. The molecule has 1 amide bonds. The molecular weight excluding hydrogens is 406 g/mol. The van der Waals surface area contributed by atoms with E-state index in [4.69, 9.17) is 4.42 Å². The van der Waals surface area contributed by atoms with E-state index >= 15 is 0 Å². The van der Waals surface area contributed by atoms with Crippen molar-refractivity contribution < 1.29 is 14.3 Å². The lowest BCUT2D eigenvalue weighted by atomic mass is 10.1. The van der Waals surface area contributed by atoms with Gasteiger partial charge in [-0.3, -0.25) is 4.79 Å². The van der Waals surface area contributed by atoms with Gasteiger partial charge in [0.2, 0.25) is 5.89 Å². The van der Waals surface area contributed by atoms with Gasteiger partial charge < -0.3 is 25.5 Å². The van der Waals surface area contributed by atoms with Crippen molar-refractivity contribution in [2.24, 2.45) is 4.99 Å². The van der Waals surface area contributed by atoms with Crippen molar-refractivity contribution in [3.63, 3.8) is 0 Å². The molecule has 0 fully saturated rings. The van der Waals surface area contributed by atoms with E-state index < -0.39 is 0 Å². The fraction of sp³-hybridized carbons (Fsp3) is 0.292. The van der Waals surface area contributed by atoms with Crippen LogP contribution in [-0.2, 0) is 6.54 Å². The number of oxazole rings is 1. The number of aromatic nitrogens is 1. The number of phenols is 1. The molecule has 0 bridgehead atoms. The summed E-state index contributed by atoms with van der Waals surface area (Å²) in [7, 11) is 0. The van der Waals surface area contributed by atoms with Gasteiger partial charge in [-0.2, -0.15) is 0 Å². The first-order chi connectivity index (χ1) is 15.5. The molecule has 0 saturated heterocycles. The van der Waals surface area contributed by atoms with Crippen molar-refractivity contribution >= 4 is 11.9 Å². The number of aromatic hydroxyl groups is 1. The van der Waals surface area contributed by atoms with Crippen molar-refractivity contribution in [1.82, 2.24) is 20.9 Å². The van der Waals surface area contributed by atoms with Crippen LogP contribution < -0.4 is 16.0 Å². The molecule has 0 spiro atoms. The molecule has 1 heterocycles. The molecule has 4 N–H and O–H groups in total. The number of carbonyl (C=O) groups is 1. The van der Waals surface area contributed by atoms with E-state index in [1.165, 1.54) is 17.7 Å². The molecule has 168 valence electrons. The van der Waals surface area contributed by atoms with Gasteiger partial charge in [0.25, 0.3) is 5.91 Å². The number of amides is 1. The van der Waals surface area contributed by atoms with Gasteiger partial charge >= 0.3 is 0 Å². The number of carbonyl (C=O) groups excluding carboxylic acids is 1. The molecule has 32 heavy (non-hydrogen) atoms. The number of aliphatic imine (C=N–C) groups is 1. The number of aryl methyl sites for hydroxylation is 1. The van der Waals surface area contributed by atoms with Crippen LogP contribution in [0.2, 0.25) is 0 Å². The zero-order chi connectivity index (χ0) is 22.8. The topological polar surface area (TPSA) is 112 Å². The van der Waals surface area contributed by atoms with E-state index in [-0.39, 0.29) is 11.7 Å². The molecule has 8 heteroatoms. The first-order valence-electron chi connectivity index (χ1n) is 10.7. The molecule has 3 rings (SSSR count). The third kappa shape index (κ3) is 6.87. The van der Waals surface area contributed by atoms with Gasteiger partial charge in [-0.1, -0.05) is 23.8 Å². The number of phenolic OH excluding ortho intramolecular Hbond substituents is 1. The van der Waals surface area contributed by atoms with E-state index in [0.717, 1.165) is 24.2 Å². The van der Waals surface area contributed by atoms with Crippen LogP contribution in [0.5, 0.6) is 5.75 Å². The lowest BCUT2D eigenvalue weighted by Crippen LogP contribution is -2.38.